The first-order chi connectivity index (χ1) is 6.38. The topological polar surface area (TPSA) is 49.4 Å². The van der Waals surface area contributed by atoms with E-state index in [0.717, 1.165) is 0 Å². The number of carbonyl (C=O) groups excluding carboxylic acids is 1. The van der Waals surface area contributed by atoms with Crippen LogP contribution >= 0.6 is 0 Å². The molecule has 0 fully saturated rings. The van der Waals surface area contributed by atoms with Gasteiger partial charge in [0.25, 0.3) is 0 Å². The third-order valence-corrected chi connectivity index (χ3v) is 1.51. The molecule has 0 spiro atoms. The molecular formula is C11H13NaO3. The maximum Gasteiger partial charge on any atom is 1.00 e. The fourth-order valence-electron chi connectivity index (χ4n) is 1.01. The van der Waals surface area contributed by atoms with Gasteiger partial charge in [0.15, 0.2) is 0 Å². The number of carboxylic acid groups (broad SMARTS) is 1. The largest absolute Gasteiger partial charge is 1.00 e. The summed E-state index contributed by atoms with van der Waals surface area (Å²) in [5.74, 6) is -0.519. The second kappa shape index (κ2) is 5.54. The third-order valence-electron chi connectivity index (χ3n) is 1.51. The summed E-state index contributed by atoms with van der Waals surface area (Å²) in [6.07, 6.45) is 0. The van der Waals surface area contributed by atoms with Crippen LogP contribution in [0.5, 0.6) is 5.75 Å². The molecule has 15 heavy (non-hydrogen) atoms. The summed E-state index contributed by atoms with van der Waals surface area (Å²) < 4.78 is 5.52. The smallest absolute Gasteiger partial charge is 0.545 e. The van der Waals surface area contributed by atoms with Crippen molar-refractivity contribution in [3.63, 3.8) is 0 Å². The fraction of sp³-hybridized carbons (Fsp3) is 0.364. The Balaban J connectivity index is 0.00000196. The minimum absolute atomic E-state index is 0. The quantitative estimate of drug-likeness (QED) is 0.550. The van der Waals surface area contributed by atoms with Gasteiger partial charge in [-0.25, -0.2) is 0 Å². The van der Waals surface area contributed by atoms with Gasteiger partial charge in [0.1, 0.15) is 11.4 Å². The molecule has 0 heterocycles. The number of ether oxygens (including phenoxy) is 1. The molecule has 0 aliphatic heterocycles. The van der Waals surface area contributed by atoms with E-state index in [9.17, 15) is 9.90 Å². The number of aromatic carboxylic acids is 1. The van der Waals surface area contributed by atoms with Crippen LogP contribution in [-0.2, 0) is 0 Å². The molecule has 0 saturated heterocycles. The number of hydrogen-bond acceptors (Lipinski definition) is 3. The van der Waals surface area contributed by atoms with E-state index in [1.54, 1.807) is 12.1 Å². The molecule has 0 aliphatic rings. The van der Waals surface area contributed by atoms with E-state index in [0.29, 0.717) is 5.75 Å². The molecule has 0 saturated carbocycles. The minimum atomic E-state index is -1.17. The zero-order valence-electron chi connectivity index (χ0n) is 9.53. The predicted molar refractivity (Wildman–Crippen MR) is 51.2 cm³/mol. The average Bonchev–Trinajstić information content (AvgIpc) is 2.02. The molecule has 4 heteroatoms. The normalized spacial score (nSPS) is 10.3. The number of carboxylic acids is 1. The Morgan fingerprint density at radius 1 is 1.20 bits per heavy atom. The summed E-state index contributed by atoms with van der Waals surface area (Å²) in [5.41, 5.74) is -0.116. The summed E-state index contributed by atoms with van der Waals surface area (Å²) in [6.45, 7) is 5.79. The van der Waals surface area contributed by atoms with Crippen LogP contribution in [0.25, 0.3) is 0 Å². The first kappa shape index (κ1) is 14.5. The van der Waals surface area contributed by atoms with Gasteiger partial charge < -0.3 is 14.6 Å². The van der Waals surface area contributed by atoms with E-state index in [1.807, 2.05) is 20.8 Å². The summed E-state index contributed by atoms with van der Waals surface area (Å²) in [5, 5.41) is 10.4. The molecule has 0 atom stereocenters. The van der Waals surface area contributed by atoms with E-state index in [1.165, 1.54) is 12.1 Å². The van der Waals surface area contributed by atoms with Crippen LogP contribution in [0.3, 0.4) is 0 Å². The molecule has 76 valence electrons. The summed E-state index contributed by atoms with van der Waals surface area (Å²) in [6, 6.07) is 6.18. The van der Waals surface area contributed by atoms with Gasteiger partial charge in [-0.1, -0.05) is 0 Å². The molecule has 1 aromatic carbocycles. The van der Waals surface area contributed by atoms with Gasteiger partial charge in [0.05, 0.1) is 5.97 Å². The molecule has 0 N–H and O–H groups in total. The van der Waals surface area contributed by atoms with Crippen molar-refractivity contribution in [2.75, 3.05) is 0 Å². The van der Waals surface area contributed by atoms with E-state index in [4.69, 9.17) is 4.74 Å². The monoisotopic (exact) mass is 216 g/mol. The maximum atomic E-state index is 10.4. The number of benzene rings is 1. The van der Waals surface area contributed by atoms with Crippen molar-refractivity contribution in [2.45, 2.75) is 26.4 Å². The molecule has 0 radical (unpaired) electrons. The SMILES string of the molecule is CC(C)(C)Oc1ccc(C(=O)[O-])cc1.[Na+]. The first-order valence-corrected chi connectivity index (χ1v) is 4.39. The molecule has 0 aliphatic carbocycles. The van der Waals surface area contributed by atoms with E-state index >= 15 is 0 Å². The number of rotatable bonds is 2. The Morgan fingerprint density at radius 3 is 2.00 bits per heavy atom. The second-order valence-electron chi connectivity index (χ2n) is 4.03. The van der Waals surface area contributed by atoms with Crippen LogP contribution in [0.2, 0.25) is 0 Å². The molecule has 0 aromatic heterocycles. The van der Waals surface area contributed by atoms with Crippen molar-refractivity contribution in [3.05, 3.63) is 29.8 Å². The van der Waals surface area contributed by atoms with Crippen molar-refractivity contribution in [1.82, 2.24) is 0 Å². The number of hydrogen-bond donors (Lipinski definition) is 0. The summed E-state index contributed by atoms with van der Waals surface area (Å²) in [4.78, 5) is 10.4. The van der Waals surface area contributed by atoms with Crippen molar-refractivity contribution in [1.29, 1.82) is 0 Å². The van der Waals surface area contributed by atoms with Gasteiger partial charge in [-0.05, 0) is 50.6 Å². The zero-order valence-corrected chi connectivity index (χ0v) is 11.5. The van der Waals surface area contributed by atoms with Gasteiger partial charge in [0.2, 0.25) is 0 Å². The Hall–Kier alpha value is -0.510. The van der Waals surface area contributed by atoms with E-state index in [2.05, 4.69) is 0 Å². The Labute approximate surface area is 112 Å². The van der Waals surface area contributed by atoms with Crippen LogP contribution in [-0.4, -0.2) is 11.6 Å². The Kier molecular flexibility index (Phi) is 5.35. The van der Waals surface area contributed by atoms with Crippen molar-refractivity contribution in [2.24, 2.45) is 0 Å². The van der Waals surface area contributed by atoms with Crippen LogP contribution in [0.15, 0.2) is 24.3 Å². The van der Waals surface area contributed by atoms with E-state index < -0.39 is 5.97 Å². The molecule has 0 unspecified atom stereocenters. The van der Waals surface area contributed by atoms with Gasteiger partial charge in [-0.3, -0.25) is 0 Å². The Morgan fingerprint density at radius 2 is 1.67 bits per heavy atom. The Bertz CT molecular complexity index is 325. The van der Waals surface area contributed by atoms with Crippen LogP contribution in [0, 0.1) is 0 Å². The first-order valence-electron chi connectivity index (χ1n) is 4.39. The van der Waals surface area contributed by atoms with E-state index in [-0.39, 0.29) is 40.7 Å². The van der Waals surface area contributed by atoms with Crippen molar-refractivity contribution in [3.8, 4) is 5.75 Å². The minimum Gasteiger partial charge on any atom is -0.545 e. The molecular weight excluding hydrogens is 203 g/mol. The molecule has 3 nitrogen and oxygen atoms in total. The van der Waals surface area contributed by atoms with Gasteiger partial charge in [0, 0.05) is 0 Å². The standard InChI is InChI=1S/C11H14O3.Na/c1-11(2,3)14-9-6-4-8(5-7-9)10(12)13;/h4-7H,1-3H3,(H,12,13);/q;+1/p-1. The van der Waals surface area contributed by atoms with Crippen LogP contribution < -0.4 is 39.4 Å². The maximum absolute atomic E-state index is 10.4. The molecule has 0 bridgehead atoms. The zero-order chi connectivity index (χ0) is 10.8. The summed E-state index contributed by atoms with van der Waals surface area (Å²) >= 11 is 0. The number of carbonyl (C=O) groups is 1. The summed E-state index contributed by atoms with van der Waals surface area (Å²) in [7, 11) is 0. The van der Waals surface area contributed by atoms with Gasteiger partial charge in [-0.2, -0.15) is 0 Å². The average molecular weight is 216 g/mol. The second-order valence-corrected chi connectivity index (χ2v) is 4.03. The molecule has 1 aromatic rings. The van der Waals surface area contributed by atoms with Crippen molar-refractivity contribution >= 4 is 5.97 Å². The molecule has 1 rings (SSSR count). The third kappa shape index (κ3) is 5.21. The van der Waals surface area contributed by atoms with Crippen LogP contribution in [0.4, 0.5) is 0 Å². The van der Waals surface area contributed by atoms with Crippen molar-refractivity contribution < 1.29 is 44.2 Å². The fourth-order valence-corrected chi connectivity index (χ4v) is 1.01. The van der Waals surface area contributed by atoms with Crippen LogP contribution in [0.1, 0.15) is 31.1 Å². The van der Waals surface area contributed by atoms with Gasteiger partial charge in [-0.15, -0.1) is 0 Å². The predicted octanol–water partition coefficient (Wildman–Crippen LogP) is -1.77. The molecule has 0 amide bonds. The van der Waals surface area contributed by atoms with Gasteiger partial charge >= 0.3 is 29.6 Å².